The number of carbonyl (C=O) groups is 1. The normalized spacial score (nSPS) is 9.56. The molecule has 0 heterocycles. The van der Waals surface area contributed by atoms with Gasteiger partial charge < -0.3 is 20.4 Å². The molecule has 0 aromatic carbocycles. The summed E-state index contributed by atoms with van der Waals surface area (Å²) in [6, 6.07) is 0. The highest BCUT2D eigenvalue weighted by Gasteiger charge is 2.00. The number of hydrogen-bond acceptors (Lipinski definition) is 5. The Balaban J connectivity index is 0. The largest absolute Gasteiger partial charge is 0.478 e. The first kappa shape index (κ1) is 17.4. The number of aliphatic hydroxyl groups is 3. The fourth-order valence-corrected chi connectivity index (χ4v) is 0.760. The minimum absolute atomic E-state index is 0.0694. The van der Waals surface area contributed by atoms with Crippen LogP contribution in [0.2, 0.25) is 0 Å². The van der Waals surface area contributed by atoms with Gasteiger partial charge in [-0.2, -0.15) is 0 Å². The quantitative estimate of drug-likeness (QED) is 0.418. The monoisotopic (exact) mass is 235 g/mol. The number of aliphatic carboxylic acids is 1. The molecule has 0 atom stereocenters. The van der Waals surface area contributed by atoms with Crippen LogP contribution in [0.5, 0.6) is 0 Å². The summed E-state index contributed by atoms with van der Waals surface area (Å²) in [5, 5.41) is 33.3. The van der Waals surface area contributed by atoms with E-state index in [-0.39, 0.29) is 25.4 Å². The lowest BCUT2D eigenvalue weighted by Gasteiger charge is -2.17. The first-order valence-electron chi connectivity index (χ1n) is 4.93. The SMILES string of the molecule is C=C(C)C(=O)O.OCCN(CCO)CCO. The summed E-state index contributed by atoms with van der Waals surface area (Å²) in [5.74, 6) is -0.935. The number of hydrogen-bond donors (Lipinski definition) is 4. The summed E-state index contributed by atoms with van der Waals surface area (Å²) in [6.45, 7) is 6.36. The molecule has 0 aromatic heterocycles. The standard InChI is InChI=1S/C6H15NO3.C4H6O2/c8-4-1-7(2-5-9)3-6-10;1-3(2)4(5)6/h8-10H,1-6H2;1H2,2H3,(H,5,6). The van der Waals surface area contributed by atoms with Crippen LogP contribution < -0.4 is 0 Å². The van der Waals surface area contributed by atoms with E-state index in [0.29, 0.717) is 19.6 Å². The highest BCUT2D eigenvalue weighted by molar-refractivity contribution is 5.84. The molecule has 0 saturated carbocycles. The van der Waals surface area contributed by atoms with E-state index in [0.717, 1.165) is 0 Å². The van der Waals surface area contributed by atoms with Gasteiger partial charge in [0.15, 0.2) is 0 Å². The van der Waals surface area contributed by atoms with Crippen LogP contribution in [0.25, 0.3) is 0 Å². The van der Waals surface area contributed by atoms with Gasteiger partial charge in [0, 0.05) is 25.2 Å². The Morgan fingerprint density at radius 2 is 1.31 bits per heavy atom. The van der Waals surface area contributed by atoms with Crippen molar-refractivity contribution in [2.75, 3.05) is 39.5 Å². The molecule has 0 rings (SSSR count). The molecule has 0 saturated heterocycles. The van der Waals surface area contributed by atoms with Gasteiger partial charge >= 0.3 is 5.97 Å². The van der Waals surface area contributed by atoms with Crippen molar-refractivity contribution in [3.05, 3.63) is 12.2 Å². The Morgan fingerprint density at radius 3 is 1.44 bits per heavy atom. The van der Waals surface area contributed by atoms with Crippen LogP contribution in [0.4, 0.5) is 0 Å². The molecule has 16 heavy (non-hydrogen) atoms. The summed E-state index contributed by atoms with van der Waals surface area (Å²) >= 11 is 0. The summed E-state index contributed by atoms with van der Waals surface area (Å²) in [4.78, 5) is 11.4. The smallest absolute Gasteiger partial charge is 0.330 e. The molecule has 0 aliphatic rings. The Labute approximate surface area is 95.4 Å². The molecule has 0 aliphatic carbocycles. The molecule has 6 nitrogen and oxygen atoms in total. The summed E-state index contributed by atoms with van der Waals surface area (Å²) in [5.41, 5.74) is 0.176. The third-order valence-electron chi connectivity index (χ3n) is 1.61. The van der Waals surface area contributed by atoms with Crippen molar-refractivity contribution in [1.29, 1.82) is 0 Å². The van der Waals surface area contributed by atoms with E-state index in [1.54, 1.807) is 4.90 Å². The lowest BCUT2D eigenvalue weighted by atomic mass is 10.4. The summed E-state index contributed by atoms with van der Waals surface area (Å²) in [6.07, 6.45) is 0. The summed E-state index contributed by atoms with van der Waals surface area (Å²) in [7, 11) is 0. The van der Waals surface area contributed by atoms with Gasteiger partial charge in [0.2, 0.25) is 0 Å². The third kappa shape index (κ3) is 13.1. The molecule has 96 valence electrons. The van der Waals surface area contributed by atoms with Gasteiger partial charge in [0.1, 0.15) is 0 Å². The lowest BCUT2D eigenvalue weighted by Crippen LogP contribution is -2.32. The van der Waals surface area contributed by atoms with Gasteiger partial charge in [0.05, 0.1) is 19.8 Å². The predicted molar refractivity (Wildman–Crippen MR) is 60.1 cm³/mol. The highest BCUT2D eigenvalue weighted by atomic mass is 16.4. The van der Waals surface area contributed by atoms with Crippen molar-refractivity contribution in [3.63, 3.8) is 0 Å². The molecule has 6 heteroatoms. The van der Waals surface area contributed by atoms with Gasteiger partial charge in [-0.1, -0.05) is 6.58 Å². The molecular weight excluding hydrogens is 214 g/mol. The minimum atomic E-state index is -0.935. The van der Waals surface area contributed by atoms with E-state index < -0.39 is 5.97 Å². The molecule has 4 N–H and O–H groups in total. The van der Waals surface area contributed by atoms with E-state index in [4.69, 9.17) is 20.4 Å². The second-order valence-corrected chi connectivity index (χ2v) is 3.10. The van der Waals surface area contributed by atoms with Crippen LogP contribution in [0.3, 0.4) is 0 Å². The number of carboxylic acids is 1. The zero-order valence-electron chi connectivity index (χ0n) is 9.59. The average molecular weight is 235 g/mol. The maximum Gasteiger partial charge on any atom is 0.330 e. The van der Waals surface area contributed by atoms with Gasteiger partial charge in [0.25, 0.3) is 0 Å². The number of aliphatic hydroxyl groups excluding tert-OH is 3. The van der Waals surface area contributed by atoms with Crippen molar-refractivity contribution in [2.45, 2.75) is 6.92 Å². The molecule has 0 aliphatic heterocycles. The Morgan fingerprint density at radius 1 is 1.06 bits per heavy atom. The molecule has 0 spiro atoms. The second-order valence-electron chi connectivity index (χ2n) is 3.10. The molecule has 0 bridgehead atoms. The molecule has 0 aromatic rings. The maximum atomic E-state index is 9.60. The molecule has 0 amide bonds. The van der Waals surface area contributed by atoms with Crippen LogP contribution >= 0.6 is 0 Å². The first-order chi connectivity index (χ1) is 7.49. The number of rotatable bonds is 7. The van der Waals surface area contributed by atoms with Gasteiger partial charge in [-0.3, -0.25) is 4.90 Å². The lowest BCUT2D eigenvalue weighted by molar-refractivity contribution is -0.132. The second kappa shape index (κ2) is 12.1. The Hall–Kier alpha value is -0.950. The van der Waals surface area contributed by atoms with Crippen LogP contribution in [0, 0.1) is 0 Å². The van der Waals surface area contributed by atoms with Crippen molar-refractivity contribution >= 4 is 5.97 Å². The van der Waals surface area contributed by atoms with E-state index in [1.165, 1.54) is 6.92 Å². The van der Waals surface area contributed by atoms with E-state index >= 15 is 0 Å². The van der Waals surface area contributed by atoms with Crippen molar-refractivity contribution in [3.8, 4) is 0 Å². The summed E-state index contributed by atoms with van der Waals surface area (Å²) < 4.78 is 0. The van der Waals surface area contributed by atoms with Gasteiger partial charge in [-0.25, -0.2) is 4.79 Å². The fourth-order valence-electron chi connectivity index (χ4n) is 0.760. The first-order valence-corrected chi connectivity index (χ1v) is 4.93. The average Bonchev–Trinajstić information content (AvgIpc) is 2.19. The van der Waals surface area contributed by atoms with Gasteiger partial charge in [-0.05, 0) is 6.92 Å². The zero-order chi connectivity index (χ0) is 13.0. The van der Waals surface area contributed by atoms with Gasteiger partial charge in [-0.15, -0.1) is 0 Å². The van der Waals surface area contributed by atoms with Crippen molar-refractivity contribution in [1.82, 2.24) is 4.90 Å². The Kier molecular flexibility index (Phi) is 13.2. The molecule has 0 fully saturated rings. The maximum absolute atomic E-state index is 9.60. The zero-order valence-corrected chi connectivity index (χ0v) is 9.59. The highest BCUT2D eigenvalue weighted by Crippen LogP contribution is 1.84. The molecule has 0 unspecified atom stereocenters. The third-order valence-corrected chi connectivity index (χ3v) is 1.61. The number of nitrogens with zero attached hydrogens (tertiary/aromatic N) is 1. The van der Waals surface area contributed by atoms with E-state index in [2.05, 4.69) is 6.58 Å². The van der Waals surface area contributed by atoms with Crippen LogP contribution in [0.1, 0.15) is 6.92 Å². The van der Waals surface area contributed by atoms with Crippen LogP contribution in [0.15, 0.2) is 12.2 Å². The van der Waals surface area contributed by atoms with Crippen LogP contribution in [-0.2, 0) is 4.79 Å². The van der Waals surface area contributed by atoms with Crippen molar-refractivity contribution in [2.24, 2.45) is 0 Å². The molecular formula is C10H21NO5. The van der Waals surface area contributed by atoms with E-state index in [9.17, 15) is 4.79 Å². The fraction of sp³-hybridized carbons (Fsp3) is 0.700. The van der Waals surface area contributed by atoms with Crippen LogP contribution in [-0.4, -0.2) is 70.8 Å². The molecule has 0 radical (unpaired) electrons. The van der Waals surface area contributed by atoms with Crippen molar-refractivity contribution < 1.29 is 25.2 Å². The van der Waals surface area contributed by atoms with E-state index in [1.807, 2.05) is 0 Å². The Bertz CT molecular complexity index is 169. The minimum Gasteiger partial charge on any atom is -0.478 e. The number of carboxylic acid groups (broad SMARTS) is 1. The topological polar surface area (TPSA) is 101 Å². The predicted octanol–water partition coefficient (Wildman–Crippen LogP) is -1.09.